The quantitative estimate of drug-likeness (QED) is 0.573. The molecule has 0 rings (SSSR count). The second-order valence-corrected chi connectivity index (χ2v) is 2.71. The summed E-state index contributed by atoms with van der Waals surface area (Å²) in [5, 5.41) is 0. The third-order valence-corrected chi connectivity index (χ3v) is 2.13. The minimum Gasteiger partial charge on any atom is -0.341 e. The molecule has 0 N–H and O–H groups in total. The first kappa shape index (κ1) is 11.9. The molecule has 0 bridgehead atoms. The lowest BCUT2D eigenvalue weighted by Gasteiger charge is -2.37. The molecule has 0 aromatic rings. The fraction of sp³-hybridized carbons (Fsp3) is 1.00. The summed E-state index contributed by atoms with van der Waals surface area (Å²) in [6.45, 7) is 10.6. The summed E-state index contributed by atoms with van der Waals surface area (Å²) in [5.74, 6) is -0.557. The van der Waals surface area contributed by atoms with Gasteiger partial charge in [0.05, 0.1) is 0 Å². The molecule has 0 aromatic carbocycles. The molecule has 0 aliphatic carbocycles. The Morgan fingerprint density at radius 3 is 1.92 bits per heavy atom. The van der Waals surface area contributed by atoms with E-state index in [2.05, 4.69) is 18.7 Å². The van der Waals surface area contributed by atoms with Gasteiger partial charge < -0.3 is 9.47 Å². The Morgan fingerprint density at radius 2 is 1.67 bits per heavy atom. The third kappa shape index (κ3) is 2.73. The van der Waals surface area contributed by atoms with Crippen LogP contribution in [0.25, 0.3) is 0 Å². The van der Waals surface area contributed by atoms with E-state index < -0.39 is 5.91 Å². The highest BCUT2D eigenvalue weighted by Crippen LogP contribution is 2.16. The van der Waals surface area contributed by atoms with Gasteiger partial charge in [-0.25, -0.2) is 0 Å². The lowest BCUT2D eigenvalue weighted by Crippen LogP contribution is -2.49. The average molecular weight is 175 g/mol. The second-order valence-electron chi connectivity index (χ2n) is 2.71. The first-order chi connectivity index (χ1) is 5.64. The summed E-state index contributed by atoms with van der Waals surface area (Å²) in [5.41, 5.74) is 0. The van der Waals surface area contributed by atoms with Crippen LogP contribution in [0.1, 0.15) is 27.7 Å². The number of nitrogens with zero attached hydrogens (tertiary/aromatic N) is 1. The Morgan fingerprint density at radius 1 is 1.17 bits per heavy atom. The van der Waals surface area contributed by atoms with Crippen LogP contribution in [-0.2, 0) is 9.47 Å². The zero-order valence-corrected chi connectivity index (χ0v) is 8.89. The van der Waals surface area contributed by atoms with Crippen molar-refractivity contribution in [1.29, 1.82) is 0 Å². The van der Waals surface area contributed by atoms with Gasteiger partial charge in [0.2, 0.25) is 5.91 Å². The van der Waals surface area contributed by atoms with Crippen molar-refractivity contribution in [3.05, 3.63) is 0 Å². The van der Waals surface area contributed by atoms with Crippen molar-refractivity contribution in [2.75, 3.05) is 26.8 Å². The topological polar surface area (TPSA) is 21.7 Å². The maximum atomic E-state index is 5.53. The fourth-order valence-corrected chi connectivity index (χ4v) is 1.35. The molecule has 3 nitrogen and oxygen atoms in total. The molecular formula is C9H21NO2. The molecule has 0 fully saturated rings. The highest BCUT2D eigenvalue weighted by molar-refractivity contribution is 4.63. The maximum absolute atomic E-state index is 5.53. The SMILES string of the molecule is CCOC(C)(OC)N(CC)CC. The lowest BCUT2D eigenvalue weighted by atomic mass is 10.4. The van der Waals surface area contributed by atoms with E-state index in [1.54, 1.807) is 7.11 Å². The molecule has 1 unspecified atom stereocenters. The zero-order valence-electron chi connectivity index (χ0n) is 8.89. The van der Waals surface area contributed by atoms with Crippen LogP contribution in [-0.4, -0.2) is 37.6 Å². The lowest BCUT2D eigenvalue weighted by molar-refractivity contribution is -0.292. The van der Waals surface area contributed by atoms with Gasteiger partial charge in [-0.05, 0) is 6.92 Å². The molecule has 1 atom stereocenters. The summed E-state index contributed by atoms with van der Waals surface area (Å²) in [6, 6.07) is 0. The van der Waals surface area contributed by atoms with E-state index >= 15 is 0 Å². The molecule has 74 valence electrons. The predicted molar refractivity (Wildman–Crippen MR) is 50.0 cm³/mol. The summed E-state index contributed by atoms with van der Waals surface area (Å²) in [4.78, 5) is 2.14. The normalized spacial score (nSPS) is 16.5. The van der Waals surface area contributed by atoms with Gasteiger partial charge in [-0.3, -0.25) is 4.90 Å². The van der Waals surface area contributed by atoms with Gasteiger partial charge in [0, 0.05) is 33.7 Å². The molecule has 0 radical (unpaired) electrons. The van der Waals surface area contributed by atoms with Crippen LogP contribution in [0.15, 0.2) is 0 Å². The predicted octanol–water partition coefficient (Wildman–Crippen LogP) is 1.68. The molecule has 0 aromatic heterocycles. The van der Waals surface area contributed by atoms with Gasteiger partial charge in [-0.15, -0.1) is 0 Å². The summed E-state index contributed by atoms with van der Waals surface area (Å²) in [7, 11) is 1.67. The van der Waals surface area contributed by atoms with Gasteiger partial charge in [0.15, 0.2) is 0 Å². The number of methoxy groups -OCH3 is 1. The average Bonchev–Trinajstić information content (AvgIpc) is 2.07. The first-order valence-electron chi connectivity index (χ1n) is 4.58. The molecule has 0 spiro atoms. The third-order valence-electron chi connectivity index (χ3n) is 2.13. The zero-order chi connectivity index (χ0) is 9.61. The first-order valence-corrected chi connectivity index (χ1v) is 4.58. The van der Waals surface area contributed by atoms with Crippen LogP contribution < -0.4 is 0 Å². The smallest absolute Gasteiger partial charge is 0.226 e. The standard InChI is InChI=1S/C9H21NO2/c1-6-10(7-2)9(4,11-5)12-8-3/h6-8H2,1-5H3. The molecule has 0 aliphatic rings. The molecule has 0 amide bonds. The second kappa shape index (κ2) is 5.51. The van der Waals surface area contributed by atoms with E-state index in [1.165, 1.54) is 0 Å². The van der Waals surface area contributed by atoms with E-state index in [4.69, 9.17) is 9.47 Å². The van der Waals surface area contributed by atoms with E-state index in [1.807, 2.05) is 13.8 Å². The molecule has 0 heterocycles. The van der Waals surface area contributed by atoms with E-state index in [0.717, 1.165) is 13.1 Å². The van der Waals surface area contributed by atoms with Crippen LogP contribution >= 0.6 is 0 Å². The van der Waals surface area contributed by atoms with Crippen LogP contribution in [0, 0.1) is 0 Å². The Hall–Kier alpha value is -0.120. The molecule has 0 saturated carbocycles. The Labute approximate surface area is 75.6 Å². The number of rotatable bonds is 6. The molecular weight excluding hydrogens is 154 g/mol. The van der Waals surface area contributed by atoms with Crippen LogP contribution in [0.3, 0.4) is 0 Å². The summed E-state index contributed by atoms with van der Waals surface area (Å²) >= 11 is 0. The van der Waals surface area contributed by atoms with Gasteiger partial charge >= 0.3 is 0 Å². The van der Waals surface area contributed by atoms with Crippen molar-refractivity contribution in [3.63, 3.8) is 0 Å². The van der Waals surface area contributed by atoms with E-state index in [9.17, 15) is 0 Å². The van der Waals surface area contributed by atoms with Gasteiger partial charge in [0.1, 0.15) is 0 Å². The Bertz CT molecular complexity index is 115. The molecule has 0 saturated heterocycles. The summed E-state index contributed by atoms with van der Waals surface area (Å²) in [6.07, 6.45) is 0. The minimum absolute atomic E-state index is 0.557. The highest BCUT2D eigenvalue weighted by atomic mass is 16.7. The van der Waals surface area contributed by atoms with Crippen molar-refractivity contribution >= 4 is 0 Å². The van der Waals surface area contributed by atoms with Crippen molar-refractivity contribution in [3.8, 4) is 0 Å². The van der Waals surface area contributed by atoms with Crippen molar-refractivity contribution in [2.45, 2.75) is 33.6 Å². The Kier molecular flexibility index (Phi) is 5.46. The number of ether oxygens (including phenoxy) is 2. The van der Waals surface area contributed by atoms with Crippen LogP contribution in [0.2, 0.25) is 0 Å². The van der Waals surface area contributed by atoms with Gasteiger partial charge in [-0.2, -0.15) is 0 Å². The minimum atomic E-state index is -0.557. The molecule has 3 heteroatoms. The van der Waals surface area contributed by atoms with E-state index in [-0.39, 0.29) is 0 Å². The van der Waals surface area contributed by atoms with Crippen molar-refractivity contribution < 1.29 is 9.47 Å². The number of hydrogen-bond donors (Lipinski definition) is 0. The van der Waals surface area contributed by atoms with Gasteiger partial charge in [0.25, 0.3) is 0 Å². The Balaban J connectivity index is 4.24. The van der Waals surface area contributed by atoms with Crippen molar-refractivity contribution in [1.82, 2.24) is 4.90 Å². The van der Waals surface area contributed by atoms with Gasteiger partial charge in [-0.1, -0.05) is 13.8 Å². The van der Waals surface area contributed by atoms with Crippen LogP contribution in [0.4, 0.5) is 0 Å². The largest absolute Gasteiger partial charge is 0.341 e. The molecule has 12 heavy (non-hydrogen) atoms. The molecule has 0 aliphatic heterocycles. The monoisotopic (exact) mass is 175 g/mol. The highest BCUT2D eigenvalue weighted by Gasteiger charge is 2.29. The summed E-state index contributed by atoms with van der Waals surface area (Å²) < 4.78 is 10.9. The van der Waals surface area contributed by atoms with Crippen molar-refractivity contribution in [2.24, 2.45) is 0 Å². The fourth-order valence-electron chi connectivity index (χ4n) is 1.35. The number of hydrogen-bond acceptors (Lipinski definition) is 3. The maximum Gasteiger partial charge on any atom is 0.226 e. The van der Waals surface area contributed by atoms with Crippen LogP contribution in [0.5, 0.6) is 0 Å². The van der Waals surface area contributed by atoms with E-state index in [0.29, 0.717) is 6.61 Å².